The van der Waals surface area contributed by atoms with Crippen LogP contribution in [0.25, 0.3) is 0 Å². The fourth-order valence-electron chi connectivity index (χ4n) is 2.43. The zero-order chi connectivity index (χ0) is 20.6. The number of ether oxygens (including phenoxy) is 1. The van der Waals surface area contributed by atoms with Crippen molar-refractivity contribution in [3.8, 4) is 0 Å². The third-order valence-corrected chi connectivity index (χ3v) is 6.02. The van der Waals surface area contributed by atoms with Crippen LogP contribution in [-0.4, -0.2) is 49.2 Å². The van der Waals surface area contributed by atoms with Gasteiger partial charge in [-0.1, -0.05) is 19.9 Å². The average Bonchev–Trinajstić information content (AvgIpc) is 2.72. The summed E-state index contributed by atoms with van der Waals surface area (Å²) in [4.78, 5) is 28.0. The Bertz CT molecular complexity index is 895. The topological polar surface area (TPSA) is 106 Å². The molecule has 0 saturated carbocycles. The smallest absolute Gasteiger partial charge is 0.325 e. The Hall–Kier alpha value is -2.78. The van der Waals surface area contributed by atoms with Crippen LogP contribution >= 0.6 is 0 Å². The highest BCUT2D eigenvalue weighted by Crippen LogP contribution is 2.16. The predicted molar refractivity (Wildman–Crippen MR) is 103 cm³/mol. The van der Waals surface area contributed by atoms with E-state index in [1.165, 1.54) is 28.6 Å². The Morgan fingerprint density at radius 2 is 1.75 bits per heavy atom. The molecule has 0 unspecified atom stereocenters. The van der Waals surface area contributed by atoms with Crippen molar-refractivity contribution < 1.29 is 22.7 Å². The molecule has 2 rings (SSSR count). The van der Waals surface area contributed by atoms with Crippen molar-refractivity contribution in [3.63, 3.8) is 0 Å². The van der Waals surface area contributed by atoms with Crippen molar-refractivity contribution in [2.75, 3.05) is 19.6 Å². The van der Waals surface area contributed by atoms with E-state index in [0.717, 1.165) is 0 Å². The lowest BCUT2D eigenvalue weighted by atomic mass is 10.2. The summed E-state index contributed by atoms with van der Waals surface area (Å²) in [5.74, 6) is -1.10. The molecular formula is C19H23N3O5S. The average molecular weight is 405 g/mol. The first-order valence-electron chi connectivity index (χ1n) is 8.82. The lowest BCUT2D eigenvalue weighted by Crippen LogP contribution is -2.31. The number of benzene rings is 1. The van der Waals surface area contributed by atoms with Crippen molar-refractivity contribution in [1.82, 2.24) is 14.6 Å². The van der Waals surface area contributed by atoms with E-state index in [0.29, 0.717) is 18.8 Å². The predicted octanol–water partition coefficient (Wildman–Crippen LogP) is 1.59. The summed E-state index contributed by atoms with van der Waals surface area (Å²) in [6, 6.07) is 10.8. The number of carbonyl (C=O) groups excluding carboxylic acids is 2. The fraction of sp³-hybridized carbons (Fsp3) is 0.316. The lowest BCUT2D eigenvalue weighted by Gasteiger charge is -2.18. The summed E-state index contributed by atoms with van der Waals surface area (Å²) in [6.45, 7) is 3.97. The van der Waals surface area contributed by atoms with Crippen LogP contribution in [0.15, 0.2) is 53.6 Å². The van der Waals surface area contributed by atoms with Gasteiger partial charge < -0.3 is 10.1 Å². The Morgan fingerprint density at radius 1 is 1.07 bits per heavy atom. The van der Waals surface area contributed by atoms with Crippen LogP contribution in [0.4, 0.5) is 0 Å². The number of esters is 1. The molecule has 1 heterocycles. The van der Waals surface area contributed by atoms with Gasteiger partial charge in [-0.2, -0.15) is 4.31 Å². The molecule has 0 saturated heterocycles. The molecule has 2 aromatic rings. The molecular weight excluding hydrogens is 382 g/mol. The van der Waals surface area contributed by atoms with E-state index in [-0.39, 0.29) is 23.6 Å². The number of sulfonamides is 1. The Labute approximate surface area is 164 Å². The SMILES string of the molecule is CCN(CC)S(=O)(=O)c1ccc(C(=O)NCC(=O)OCc2ccccn2)cc1. The molecule has 0 aliphatic rings. The monoisotopic (exact) mass is 405 g/mol. The molecule has 8 nitrogen and oxygen atoms in total. The maximum atomic E-state index is 12.4. The molecule has 1 amide bonds. The van der Waals surface area contributed by atoms with E-state index >= 15 is 0 Å². The van der Waals surface area contributed by atoms with E-state index in [1.54, 1.807) is 38.2 Å². The molecule has 0 aliphatic heterocycles. The van der Waals surface area contributed by atoms with Gasteiger partial charge in [-0.3, -0.25) is 14.6 Å². The quantitative estimate of drug-likeness (QED) is 0.635. The summed E-state index contributed by atoms with van der Waals surface area (Å²) >= 11 is 0. The van der Waals surface area contributed by atoms with Crippen molar-refractivity contribution in [2.45, 2.75) is 25.3 Å². The highest BCUT2D eigenvalue weighted by Gasteiger charge is 2.21. The van der Waals surface area contributed by atoms with Crippen LogP contribution in [0.2, 0.25) is 0 Å². The highest BCUT2D eigenvalue weighted by atomic mass is 32.2. The van der Waals surface area contributed by atoms with E-state index < -0.39 is 21.9 Å². The number of amides is 1. The Balaban J connectivity index is 1.90. The van der Waals surface area contributed by atoms with Gasteiger partial charge in [-0.05, 0) is 36.4 Å². The fourth-order valence-corrected chi connectivity index (χ4v) is 3.89. The van der Waals surface area contributed by atoms with E-state index in [9.17, 15) is 18.0 Å². The van der Waals surface area contributed by atoms with Gasteiger partial charge in [0, 0.05) is 24.8 Å². The third-order valence-electron chi connectivity index (χ3n) is 3.96. The van der Waals surface area contributed by atoms with Crippen LogP contribution in [0.1, 0.15) is 29.9 Å². The van der Waals surface area contributed by atoms with Gasteiger partial charge in [0.2, 0.25) is 10.0 Å². The van der Waals surface area contributed by atoms with Gasteiger partial charge in [0.1, 0.15) is 13.2 Å². The van der Waals surface area contributed by atoms with Crippen LogP contribution < -0.4 is 5.32 Å². The van der Waals surface area contributed by atoms with Crippen molar-refractivity contribution in [1.29, 1.82) is 0 Å². The molecule has 1 aromatic carbocycles. The van der Waals surface area contributed by atoms with E-state index in [2.05, 4.69) is 10.3 Å². The molecule has 28 heavy (non-hydrogen) atoms. The van der Waals surface area contributed by atoms with Gasteiger partial charge in [-0.25, -0.2) is 8.42 Å². The van der Waals surface area contributed by atoms with Gasteiger partial charge in [-0.15, -0.1) is 0 Å². The normalized spacial score (nSPS) is 11.2. The maximum Gasteiger partial charge on any atom is 0.325 e. The zero-order valence-electron chi connectivity index (χ0n) is 15.8. The molecule has 0 atom stereocenters. The Morgan fingerprint density at radius 3 is 2.32 bits per heavy atom. The van der Waals surface area contributed by atoms with Crippen molar-refractivity contribution >= 4 is 21.9 Å². The molecule has 150 valence electrons. The molecule has 0 radical (unpaired) electrons. The van der Waals surface area contributed by atoms with Gasteiger partial charge >= 0.3 is 5.97 Å². The first-order chi connectivity index (χ1) is 13.4. The first-order valence-corrected chi connectivity index (χ1v) is 10.3. The Kier molecular flexibility index (Phi) is 7.65. The standard InChI is InChI=1S/C19H23N3O5S/c1-3-22(4-2)28(25,26)17-10-8-15(9-11-17)19(24)21-13-18(23)27-14-16-7-5-6-12-20-16/h5-12H,3-4,13-14H2,1-2H3,(H,21,24). The minimum Gasteiger partial charge on any atom is -0.458 e. The number of rotatable bonds is 9. The summed E-state index contributed by atoms with van der Waals surface area (Å²) in [5.41, 5.74) is 0.850. The summed E-state index contributed by atoms with van der Waals surface area (Å²) in [6.07, 6.45) is 1.59. The van der Waals surface area contributed by atoms with Crippen LogP contribution in [0.3, 0.4) is 0 Å². The van der Waals surface area contributed by atoms with Crippen LogP contribution in [-0.2, 0) is 26.2 Å². The molecule has 0 fully saturated rings. The number of pyridine rings is 1. The number of hydrogen-bond donors (Lipinski definition) is 1. The van der Waals surface area contributed by atoms with E-state index in [1.807, 2.05) is 0 Å². The van der Waals surface area contributed by atoms with Crippen LogP contribution in [0, 0.1) is 0 Å². The summed E-state index contributed by atoms with van der Waals surface area (Å²) < 4.78 is 31.2. The summed E-state index contributed by atoms with van der Waals surface area (Å²) in [5, 5.41) is 2.44. The van der Waals surface area contributed by atoms with Crippen molar-refractivity contribution in [3.05, 3.63) is 59.9 Å². The molecule has 1 aromatic heterocycles. The van der Waals surface area contributed by atoms with Crippen LogP contribution in [0.5, 0.6) is 0 Å². The van der Waals surface area contributed by atoms with Gasteiger partial charge in [0.25, 0.3) is 5.91 Å². The minimum absolute atomic E-state index is 0.0213. The highest BCUT2D eigenvalue weighted by molar-refractivity contribution is 7.89. The van der Waals surface area contributed by atoms with Gasteiger partial charge in [0.05, 0.1) is 10.6 Å². The lowest BCUT2D eigenvalue weighted by molar-refractivity contribution is -0.143. The second-order valence-electron chi connectivity index (χ2n) is 5.78. The number of nitrogens with one attached hydrogen (secondary N) is 1. The first kappa shape index (κ1) is 21.5. The molecule has 0 aliphatic carbocycles. The van der Waals surface area contributed by atoms with E-state index in [4.69, 9.17) is 4.74 Å². The molecule has 1 N–H and O–H groups in total. The molecule has 0 spiro atoms. The summed E-state index contributed by atoms with van der Waals surface area (Å²) in [7, 11) is -3.58. The second kappa shape index (κ2) is 9.95. The zero-order valence-corrected chi connectivity index (χ0v) is 16.6. The second-order valence-corrected chi connectivity index (χ2v) is 7.72. The van der Waals surface area contributed by atoms with Crippen molar-refractivity contribution in [2.24, 2.45) is 0 Å². The molecule has 9 heteroatoms. The molecule has 0 bridgehead atoms. The number of hydrogen-bond acceptors (Lipinski definition) is 6. The number of aromatic nitrogens is 1. The third kappa shape index (κ3) is 5.61. The number of carbonyl (C=O) groups is 2. The minimum atomic E-state index is -3.58. The maximum absolute atomic E-state index is 12.4. The number of nitrogens with zero attached hydrogens (tertiary/aromatic N) is 2. The van der Waals surface area contributed by atoms with Gasteiger partial charge in [0.15, 0.2) is 0 Å². The largest absolute Gasteiger partial charge is 0.458 e.